The Morgan fingerprint density at radius 3 is 1.55 bits per heavy atom. The number of ether oxygens (including phenoxy) is 8. The molecule has 0 aromatic rings. The van der Waals surface area contributed by atoms with E-state index < -0.39 is 42.5 Å². The van der Waals surface area contributed by atoms with Crippen molar-refractivity contribution in [2.24, 2.45) is 0 Å². The summed E-state index contributed by atoms with van der Waals surface area (Å²) in [6.07, 6.45) is -1.86. The first-order valence-electron chi connectivity index (χ1n) is 9.77. The molecule has 0 rings (SSSR count). The van der Waals surface area contributed by atoms with Crippen LogP contribution in [0.3, 0.4) is 0 Å². The fraction of sp³-hybridized carbons (Fsp3) is 0.789. The quantitative estimate of drug-likeness (QED) is 0.110. The molecule has 0 bridgehead atoms. The van der Waals surface area contributed by atoms with Crippen molar-refractivity contribution in [2.45, 2.75) is 32.8 Å². The van der Waals surface area contributed by atoms with Gasteiger partial charge < -0.3 is 48.1 Å². The minimum absolute atomic E-state index is 0.0696. The highest BCUT2D eigenvalue weighted by Crippen LogP contribution is 2.13. The van der Waals surface area contributed by atoms with Gasteiger partial charge in [0.15, 0.2) is 12.6 Å². The average Bonchev–Trinajstić information content (AvgIpc) is 2.73. The number of carboxylic acid groups (broad SMARTS) is 2. The third-order valence-electron chi connectivity index (χ3n) is 3.49. The Balaban J connectivity index is 4.70. The van der Waals surface area contributed by atoms with Gasteiger partial charge in [-0.2, -0.15) is 0 Å². The summed E-state index contributed by atoms with van der Waals surface area (Å²) in [6, 6.07) is 0. The molecular formula is C19H34O12. The Kier molecular flexibility index (Phi) is 17.6. The Morgan fingerprint density at radius 2 is 1.23 bits per heavy atom. The van der Waals surface area contributed by atoms with Crippen LogP contribution in [0.4, 0.5) is 0 Å². The molecule has 12 nitrogen and oxygen atoms in total. The van der Waals surface area contributed by atoms with E-state index in [1.165, 1.54) is 14.2 Å². The molecule has 0 aliphatic rings. The number of rotatable bonds is 21. The Bertz CT molecular complexity index is 496. The molecule has 0 fully saturated rings. The number of carboxylic acids is 2. The maximum atomic E-state index is 11.4. The van der Waals surface area contributed by atoms with Crippen LogP contribution in [0, 0.1) is 0 Å². The van der Waals surface area contributed by atoms with Crippen molar-refractivity contribution in [3.05, 3.63) is 11.5 Å². The summed E-state index contributed by atoms with van der Waals surface area (Å²) >= 11 is 0. The van der Waals surface area contributed by atoms with Gasteiger partial charge in [-0.25, -0.2) is 4.79 Å². The van der Waals surface area contributed by atoms with E-state index in [9.17, 15) is 14.7 Å². The van der Waals surface area contributed by atoms with Crippen molar-refractivity contribution in [1.29, 1.82) is 0 Å². The predicted octanol–water partition coefficient (Wildman–Crippen LogP) is 0.842. The zero-order chi connectivity index (χ0) is 23.5. The van der Waals surface area contributed by atoms with Gasteiger partial charge in [-0.05, 0) is 13.8 Å². The monoisotopic (exact) mass is 454 g/mol. The molecule has 0 aliphatic carbocycles. The van der Waals surface area contributed by atoms with Crippen LogP contribution in [0.5, 0.6) is 0 Å². The van der Waals surface area contributed by atoms with Crippen LogP contribution < -0.4 is 0 Å². The second kappa shape index (κ2) is 18.8. The summed E-state index contributed by atoms with van der Waals surface area (Å²) in [7, 11) is 2.95. The summed E-state index contributed by atoms with van der Waals surface area (Å²) in [6.45, 7) is 4.80. The van der Waals surface area contributed by atoms with E-state index in [2.05, 4.69) is 0 Å². The summed E-state index contributed by atoms with van der Waals surface area (Å²) in [5, 5.41) is 18.3. The third-order valence-corrected chi connectivity index (χ3v) is 3.49. The average molecular weight is 454 g/mol. The van der Waals surface area contributed by atoms with Gasteiger partial charge in [0.2, 0.25) is 0 Å². The highest BCUT2D eigenvalue weighted by atomic mass is 16.7. The SMILES string of the molecule is CCOC(COCCOC(OCCOCC(OC)OCC)=C(CC(=O)O)C(=O)O)OC. The Labute approximate surface area is 181 Å². The summed E-state index contributed by atoms with van der Waals surface area (Å²) in [4.78, 5) is 22.4. The van der Waals surface area contributed by atoms with Gasteiger partial charge in [0.05, 0.1) is 32.8 Å². The van der Waals surface area contributed by atoms with Gasteiger partial charge in [0, 0.05) is 27.4 Å². The van der Waals surface area contributed by atoms with E-state index >= 15 is 0 Å². The number of hydrogen-bond acceptors (Lipinski definition) is 10. The highest BCUT2D eigenvalue weighted by molar-refractivity contribution is 5.92. The number of hydrogen-bond donors (Lipinski definition) is 2. The lowest BCUT2D eigenvalue weighted by Gasteiger charge is -2.18. The molecule has 182 valence electrons. The van der Waals surface area contributed by atoms with E-state index in [1.54, 1.807) is 0 Å². The van der Waals surface area contributed by atoms with Crippen LogP contribution in [-0.2, 0) is 47.5 Å². The predicted molar refractivity (Wildman–Crippen MR) is 105 cm³/mol. The summed E-state index contributed by atoms with van der Waals surface area (Å²) in [5.74, 6) is -3.22. The third kappa shape index (κ3) is 14.6. The molecular weight excluding hydrogens is 420 g/mol. The molecule has 0 amide bonds. The van der Waals surface area contributed by atoms with Gasteiger partial charge in [-0.1, -0.05) is 0 Å². The lowest BCUT2D eigenvalue weighted by molar-refractivity contribution is -0.159. The van der Waals surface area contributed by atoms with Crippen LogP contribution in [0.1, 0.15) is 20.3 Å². The minimum Gasteiger partial charge on any atom is -0.481 e. The standard InChI is InChI=1S/C19H34O12/c1-5-28-16(24-3)12-26-7-9-30-19(14(18(22)23)11-15(20)21)31-10-8-27-13-17(25-4)29-6-2/h16-17H,5-13H2,1-4H3,(H,20,21)(H,22,23). The van der Waals surface area contributed by atoms with Crippen molar-refractivity contribution in [3.8, 4) is 0 Å². The second-order valence-corrected chi connectivity index (χ2v) is 5.73. The van der Waals surface area contributed by atoms with Gasteiger partial charge in [0.1, 0.15) is 18.8 Å². The molecule has 0 saturated heterocycles. The number of aliphatic carboxylic acids is 2. The molecule has 2 atom stereocenters. The molecule has 0 spiro atoms. The molecule has 0 radical (unpaired) electrons. The largest absolute Gasteiger partial charge is 0.481 e. The second-order valence-electron chi connectivity index (χ2n) is 5.73. The van der Waals surface area contributed by atoms with Crippen LogP contribution >= 0.6 is 0 Å². The first-order valence-corrected chi connectivity index (χ1v) is 9.77. The van der Waals surface area contributed by atoms with E-state index in [1.807, 2.05) is 13.8 Å². The van der Waals surface area contributed by atoms with Crippen LogP contribution in [0.2, 0.25) is 0 Å². The zero-order valence-corrected chi connectivity index (χ0v) is 18.5. The zero-order valence-electron chi connectivity index (χ0n) is 18.5. The van der Waals surface area contributed by atoms with Crippen molar-refractivity contribution in [2.75, 3.05) is 67.1 Å². The lowest BCUT2D eigenvalue weighted by atomic mass is 10.2. The number of methoxy groups -OCH3 is 2. The molecule has 0 saturated carbocycles. The summed E-state index contributed by atoms with van der Waals surface area (Å²) < 4.78 is 42.0. The molecule has 0 heterocycles. The van der Waals surface area contributed by atoms with Gasteiger partial charge in [0.25, 0.3) is 5.95 Å². The Morgan fingerprint density at radius 1 is 0.774 bits per heavy atom. The Hall–Kier alpha value is -1.96. The summed E-state index contributed by atoms with van der Waals surface area (Å²) in [5.41, 5.74) is -0.527. The van der Waals surface area contributed by atoms with Crippen molar-refractivity contribution >= 4 is 11.9 Å². The lowest BCUT2D eigenvalue weighted by Crippen LogP contribution is -2.24. The topological polar surface area (TPSA) is 148 Å². The highest BCUT2D eigenvalue weighted by Gasteiger charge is 2.21. The van der Waals surface area contributed by atoms with Crippen LogP contribution in [0.15, 0.2) is 11.5 Å². The number of carbonyl (C=O) groups is 2. The van der Waals surface area contributed by atoms with E-state index in [0.29, 0.717) is 13.2 Å². The smallest absolute Gasteiger partial charge is 0.339 e. The molecule has 12 heteroatoms. The molecule has 0 aromatic heterocycles. The first kappa shape index (κ1) is 29.0. The minimum atomic E-state index is -1.47. The van der Waals surface area contributed by atoms with Crippen molar-refractivity contribution in [1.82, 2.24) is 0 Å². The maximum Gasteiger partial charge on any atom is 0.339 e. The van der Waals surface area contributed by atoms with E-state index in [-0.39, 0.29) is 39.6 Å². The van der Waals surface area contributed by atoms with Gasteiger partial charge in [-0.3, -0.25) is 4.79 Å². The van der Waals surface area contributed by atoms with Crippen molar-refractivity contribution in [3.63, 3.8) is 0 Å². The van der Waals surface area contributed by atoms with E-state index in [4.69, 9.17) is 43.0 Å². The maximum absolute atomic E-state index is 11.4. The van der Waals surface area contributed by atoms with Gasteiger partial charge in [-0.15, -0.1) is 0 Å². The fourth-order valence-electron chi connectivity index (χ4n) is 2.09. The van der Waals surface area contributed by atoms with Gasteiger partial charge >= 0.3 is 11.9 Å². The van der Waals surface area contributed by atoms with Crippen LogP contribution in [0.25, 0.3) is 0 Å². The van der Waals surface area contributed by atoms with Crippen LogP contribution in [-0.4, -0.2) is 102 Å². The normalized spacial score (nSPS) is 12.8. The first-order chi connectivity index (χ1) is 14.9. The molecule has 31 heavy (non-hydrogen) atoms. The molecule has 2 N–H and O–H groups in total. The molecule has 0 aliphatic heterocycles. The molecule has 2 unspecified atom stereocenters. The fourth-order valence-corrected chi connectivity index (χ4v) is 2.09. The van der Waals surface area contributed by atoms with E-state index in [0.717, 1.165) is 0 Å². The van der Waals surface area contributed by atoms with Crippen molar-refractivity contribution < 1.29 is 57.7 Å². The molecule has 0 aromatic carbocycles.